The molecule has 0 radical (unpaired) electrons. The highest BCUT2D eigenvalue weighted by Crippen LogP contribution is 2.32. The molecule has 5 nitrogen and oxygen atoms in total. The van der Waals surface area contributed by atoms with Gasteiger partial charge in [0.05, 0.1) is 17.7 Å². The number of likely N-dealkylation sites (N-methyl/N-ethyl adjacent to an activating group) is 1. The molecule has 1 aliphatic rings. The van der Waals surface area contributed by atoms with E-state index >= 15 is 0 Å². The zero-order valence-electron chi connectivity index (χ0n) is 13.9. The Balaban J connectivity index is 2.11. The Morgan fingerprint density at radius 1 is 1.24 bits per heavy atom. The van der Waals surface area contributed by atoms with Gasteiger partial charge in [-0.15, -0.1) is 0 Å². The standard InChI is InChI=1S/C17H21F3N2O3/c1-21(11-15(23)24)12-5-4-9-22(10-8-12)16(25)13-6-2-3-7-14(13)17(18,19)20/h2-3,6-7,12H,4-5,8-11H2,1H3,(H,23,24). The average Bonchev–Trinajstić information content (AvgIpc) is 2.79. The van der Waals surface area contributed by atoms with Gasteiger partial charge < -0.3 is 10.0 Å². The van der Waals surface area contributed by atoms with Crippen molar-refractivity contribution < 1.29 is 27.9 Å². The fourth-order valence-electron chi connectivity index (χ4n) is 3.15. The van der Waals surface area contributed by atoms with E-state index in [2.05, 4.69) is 0 Å². The fourth-order valence-corrected chi connectivity index (χ4v) is 3.15. The van der Waals surface area contributed by atoms with Crippen molar-refractivity contribution in [2.45, 2.75) is 31.5 Å². The van der Waals surface area contributed by atoms with Crippen LogP contribution in [0.2, 0.25) is 0 Å². The van der Waals surface area contributed by atoms with E-state index < -0.39 is 23.6 Å². The maximum absolute atomic E-state index is 13.1. The van der Waals surface area contributed by atoms with Crippen molar-refractivity contribution in [2.24, 2.45) is 0 Å². The van der Waals surface area contributed by atoms with Crippen molar-refractivity contribution >= 4 is 11.9 Å². The van der Waals surface area contributed by atoms with E-state index in [4.69, 9.17) is 5.11 Å². The molecule has 1 N–H and O–H groups in total. The van der Waals surface area contributed by atoms with Crippen molar-refractivity contribution in [2.75, 3.05) is 26.7 Å². The van der Waals surface area contributed by atoms with E-state index in [1.165, 1.54) is 23.1 Å². The van der Waals surface area contributed by atoms with Crippen molar-refractivity contribution in [3.63, 3.8) is 0 Å². The first kappa shape index (κ1) is 19.2. The van der Waals surface area contributed by atoms with Crippen LogP contribution in [-0.2, 0) is 11.0 Å². The second-order valence-corrected chi connectivity index (χ2v) is 6.23. The topological polar surface area (TPSA) is 60.9 Å². The molecule has 1 amide bonds. The first-order valence-corrected chi connectivity index (χ1v) is 8.07. The molecular formula is C17H21F3N2O3. The number of hydrogen-bond acceptors (Lipinski definition) is 3. The summed E-state index contributed by atoms with van der Waals surface area (Å²) < 4.78 is 39.3. The summed E-state index contributed by atoms with van der Waals surface area (Å²) in [4.78, 5) is 26.5. The number of aliphatic carboxylic acids is 1. The number of rotatable bonds is 4. The van der Waals surface area contributed by atoms with E-state index in [1.54, 1.807) is 11.9 Å². The molecule has 1 saturated heterocycles. The molecule has 1 aromatic carbocycles. The van der Waals surface area contributed by atoms with Gasteiger partial charge in [0.15, 0.2) is 0 Å². The number of halogens is 3. The summed E-state index contributed by atoms with van der Waals surface area (Å²) in [7, 11) is 1.70. The van der Waals surface area contributed by atoms with Crippen molar-refractivity contribution in [1.82, 2.24) is 9.80 Å². The monoisotopic (exact) mass is 358 g/mol. The molecule has 1 aliphatic heterocycles. The quantitative estimate of drug-likeness (QED) is 0.899. The molecular weight excluding hydrogens is 337 g/mol. The highest BCUT2D eigenvalue weighted by atomic mass is 19.4. The summed E-state index contributed by atoms with van der Waals surface area (Å²) in [5.74, 6) is -1.56. The lowest BCUT2D eigenvalue weighted by Gasteiger charge is -2.26. The predicted octanol–water partition coefficient (Wildman–Crippen LogP) is 2.72. The number of carbonyl (C=O) groups is 2. The van der Waals surface area contributed by atoms with E-state index in [0.29, 0.717) is 32.4 Å². The minimum absolute atomic E-state index is 0.00763. The van der Waals surface area contributed by atoms with Crippen molar-refractivity contribution in [1.29, 1.82) is 0 Å². The lowest BCUT2D eigenvalue weighted by Crippen LogP contribution is -2.37. The van der Waals surface area contributed by atoms with Gasteiger partial charge in [-0.3, -0.25) is 14.5 Å². The minimum Gasteiger partial charge on any atom is -0.480 e. The fraction of sp³-hybridized carbons (Fsp3) is 0.529. The largest absolute Gasteiger partial charge is 0.480 e. The highest BCUT2D eigenvalue weighted by Gasteiger charge is 2.36. The van der Waals surface area contributed by atoms with Gasteiger partial charge in [-0.05, 0) is 38.4 Å². The average molecular weight is 358 g/mol. The Kier molecular flexibility index (Phi) is 6.05. The van der Waals surface area contributed by atoms with Crippen LogP contribution in [0.25, 0.3) is 0 Å². The third-order valence-electron chi connectivity index (χ3n) is 4.46. The molecule has 25 heavy (non-hydrogen) atoms. The third kappa shape index (κ3) is 4.94. The predicted molar refractivity (Wildman–Crippen MR) is 85.3 cm³/mol. The molecule has 1 fully saturated rings. The summed E-state index contributed by atoms with van der Waals surface area (Å²) >= 11 is 0. The molecule has 2 rings (SSSR count). The zero-order chi connectivity index (χ0) is 18.6. The van der Waals surface area contributed by atoms with E-state index in [0.717, 1.165) is 6.07 Å². The Bertz CT molecular complexity index is 634. The van der Waals surface area contributed by atoms with Crippen LogP contribution in [0.15, 0.2) is 24.3 Å². The number of nitrogens with zero attached hydrogens (tertiary/aromatic N) is 2. The molecule has 0 spiro atoms. The minimum atomic E-state index is -4.58. The van der Waals surface area contributed by atoms with Gasteiger partial charge in [-0.25, -0.2) is 0 Å². The van der Waals surface area contributed by atoms with Crippen LogP contribution in [0.1, 0.15) is 35.2 Å². The number of benzene rings is 1. The van der Waals surface area contributed by atoms with Gasteiger partial charge in [0.25, 0.3) is 5.91 Å². The Hall–Kier alpha value is -2.09. The lowest BCUT2D eigenvalue weighted by atomic mass is 10.1. The van der Waals surface area contributed by atoms with Gasteiger partial charge in [-0.2, -0.15) is 13.2 Å². The van der Waals surface area contributed by atoms with Gasteiger partial charge in [0, 0.05) is 19.1 Å². The second-order valence-electron chi connectivity index (χ2n) is 6.23. The molecule has 138 valence electrons. The van der Waals surface area contributed by atoms with Crippen LogP contribution in [0.5, 0.6) is 0 Å². The SMILES string of the molecule is CN(CC(=O)O)C1CCCN(C(=O)c2ccccc2C(F)(F)F)CC1. The molecule has 0 aromatic heterocycles. The number of likely N-dealkylation sites (tertiary alicyclic amines) is 1. The molecule has 1 atom stereocenters. The highest BCUT2D eigenvalue weighted by molar-refractivity contribution is 5.96. The van der Waals surface area contributed by atoms with Crippen molar-refractivity contribution in [3.05, 3.63) is 35.4 Å². The first-order valence-electron chi connectivity index (χ1n) is 8.07. The van der Waals surface area contributed by atoms with Crippen LogP contribution in [-0.4, -0.2) is 59.5 Å². The molecule has 1 heterocycles. The number of alkyl halides is 3. The number of amides is 1. The van der Waals surface area contributed by atoms with E-state index in [1.807, 2.05) is 0 Å². The third-order valence-corrected chi connectivity index (χ3v) is 4.46. The van der Waals surface area contributed by atoms with E-state index in [9.17, 15) is 22.8 Å². The molecule has 8 heteroatoms. The van der Waals surface area contributed by atoms with Gasteiger partial charge in [0.1, 0.15) is 0 Å². The molecule has 1 unspecified atom stereocenters. The molecule has 0 bridgehead atoms. The van der Waals surface area contributed by atoms with Gasteiger partial charge >= 0.3 is 12.1 Å². The van der Waals surface area contributed by atoms with Crippen molar-refractivity contribution in [3.8, 4) is 0 Å². The molecule has 0 aliphatic carbocycles. The molecule has 1 aromatic rings. The Morgan fingerprint density at radius 3 is 2.56 bits per heavy atom. The number of carboxylic acids is 1. The maximum Gasteiger partial charge on any atom is 0.417 e. The lowest BCUT2D eigenvalue weighted by molar-refractivity contribution is -0.139. The smallest absolute Gasteiger partial charge is 0.417 e. The Labute approximate surface area is 144 Å². The number of carboxylic acid groups (broad SMARTS) is 1. The first-order chi connectivity index (χ1) is 11.7. The normalized spacial score (nSPS) is 18.9. The summed E-state index contributed by atoms with van der Waals surface area (Å²) in [6.45, 7) is 0.567. The summed E-state index contributed by atoms with van der Waals surface area (Å²) in [6.07, 6.45) is -2.73. The second kappa shape index (κ2) is 7.86. The van der Waals surface area contributed by atoms with Crippen LogP contribution in [0, 0.1) is 0 Å². The number of hydrogen-bond donors (Lipinski definition) is 1. The zero-order valence-corrected chi connectivity index (χ0v) is 13.9. The van der Waals surface area contributed by atoms with Gasteiger partial charge in [0.2, 0.25) is 0 Å². The summed E-state index contributed by atoms with van der Waals surface area (Å²) in [6, 6.07) is 4.79. The van der Waals surface area contributed by atoms with Crippen LogP contribution in [0.4, 0.5) is 13.2 Å². The van der Waals surface area contributed by atoms with E-state index in [-0.39, 0.29) is 18.2 Å². The number of carbonyl (C=O) groups excluding carboxylic acids is 1. The van der Waals surface area contributed by atoms with Crippen LogP contribution < -0.4 is 0 Å². The maximum atomic E-state index is 13.1. The van der Waals surface area contributed by atoms with Crippen LogP contribution in [0.3, 0.4) is 0 Å². The van der Waals surface area contributed by atoms with Gasteiger partial charge in [-0.1, -0.05) is 12.1 Å². The summed E-state index contributed by atoms with van der Waals surface area (Å²) in [5.41, 5.74) is -1.27. The Morgan fingerprint density at radius 2 is 1.92 bits per heavy atom. The summed E-state index contributed by atoms with van der Waals surface area (Å²) in [5, 5.41) is 8.87. The van der Waals surface area contributed by atoms with Crippen LogP contribution >= 0.6 is 0 Å². The molecule has 0 saturated carbocycles.